The van der Waals surface area contributed by atoms with Gasteiger partial charge in [-0.2, -0.15) is 0 Å². The van der Waals surface area contributed by atoms with Crippen LogP contribution < -0.4 is 0 Å². The van der Waals surface area contributed by atoms with Crippen LogP contribution in [0.4, 0.5) is 0 Å². The first-order chi connectivity index (χ1) is 11.7. The molecule has 0 amide bonds. The molecule has 2 aromatic rings. The van der Waals surface area contributed by atoms with E-state index in [1.807, 2.05) is 31.2 Å². The molecule has 3 rings (SSSR count). The second-order valence-corrected chi connectivity index (χ2v) is 6.84. The summed E-state index contributed by atoms with van der Waals surface area (Å²) < 4.78 is 5.40. The molecule has 4 heteroatoms. The van der Waals surface area contributed by atoms with Gasteiger partial charge >= 0.3 is 0 Å². The summed E-state index contributed by atoms with van der Waals surface area (Å²) in [7, 11) is 0. The molecule has 1 heterocycles. The van der Waals surface area contributed by atoms with E-state index in [9.17, 15) is 4.79 Å². The first-order valence-corrected chi connectivity index (χ1v) is 9.52. The summed E-state index contributed by atoms with van der Waals surface area (Å²) in [5.74, 6) is 0.182. The summed E-state index contributed by atoms with van der Waals surface area (Å²) in [6, 6.07) is 16.2. The first-order valence-electron chi connectivity index (χ1n) is 8.30. The zero-order valence-corrected chi connectivity index (χ0v) is 15.0. The number of benzene rings is 2. The van der Waals surface area contributed by atoms with Crippen LogP contribution in [-0.2, 0) is 4.74 Å². The van der Waals surface area contributed by atoms with Crippen molar-refractivity contribution >= 4 is 17.5 Å². The van der Waals surface area contributed by atoms with Gasteiger partial charge in [0.25, 0.3) is 0 Å². The van der Waals surface area contributed by atoms with Crippen molar-refractivity contribution in [2.75, 3.05) is 32.6 Å². The van der Waals surface area contributed by atoms with Gasteiger partial charge in [-0.25, -0.2) is 0 Å². The van der Waals surface area contributed by atoms with Gasteiger partial charge in [0, 0.05) is 23.5 Å². The quantitative estimate of drug-likeness (QED) is 0.608. The van der Waals surface area contributed by atoms with Crippen LogP contribution in [0.25, 0.3) is 11.1 Å². The highest BCUT2D eigenvalue weighted by Gasteiger charge is 2.25. The lowest BCUT2D eigenvalue weighted by Gasteiger charge is -2.31. The highest BCUT2D eigenvalue weighted by Crippen LogP contribution is 2.27. The largest absolute Gasteiger partial charge is 0.379 e. The normalized spacial score (nSPS) is 16.8. The minimum atomic E-state index is -0.125. The van der Waals surface area contributed by atoms with Crippen molar-refractivity contribution in [1.29, 1.82) is 0 Å². The number of morpholine rings is 1. The van der Waals surface area contributed by atoms with E-state index in [4.69, 9.17) is 4.74 Å². The Morgan fingerprint density at radius 3 is 2.42 bits per heavy atom. The standard InChI is InChI=1S/C20H23NO2S/c1-15(21-11-13-23-14-12-21)20(22)19-6-4-3-5-18(19)16-7-9-17(24-2)10-8-16/h3-10,15H,11-14H2,1-2H3. The van der Waals surface area contributed by atoms with Gasteiger partial charge in [0.15, 0.2) is 5.78 Å². The van der Waals surface area contributed by atoms with Gasteiger partial charge in [-0.1, -0.05) is 36.4 Å². The van der Waals surface area contributed by atoms with Crippen molar-refractivity contribution in [1.82, 2.24) is 4.90 Å². The minimum Gasteiger partial charge on any atom is -0.379 e. The number of hydrogen-bond donors (Lipinski definition) is 0. The first kappa shape index (κ1) is 17.2. The van der Waals surface area contributed by atoms with Gasteiger partial charge in [-0.15, -0.1) is 11.8 Å². The lowest BCUT2D eigenvalue weighted by Crippen LogP contribution is -2.45. The number of ketones is 1. The fraction of sp³-hybridized carbons (Fsp3) is 0.350. The fourth-order valence-corrected chi connectivity index (χ4v) is 3.48. The number of nitrogens with zero attached hydrogens (tertiary/aromatic N) is 1. The molecule has 3 nitrogen and oxygen atoms in total. The summed E-state index contributed by atoms with van der Waals surface area (Å²) in [6.45, 7) is 5.04. The van der Waals surface area contributed by atoms with Crippen LogP contribution in [0, 0.1) is 0 Å². The van der Waals surface area contributed by atoms with Crippen LogP contribution in [0.2, 0.25) is 0 Å². The van der Waals surface area contributed by atoms with Crippen LogP contribution >= 0.6 is 11.8 Å². The Bertz CT molecular complexity index is 693. The highest BCUT2D eigenvalue weighted by molar-refractivity contribution is 7.98. The van der Waals surface area contributed by atoms with Crippen LogP contribution in [0.15, 0.2) is 53.4 Å². The third-order valence-corrected chi connectivity index (χ3v) is 5.31. The third kappa shape index (κ3) is 3.72. The summed E-state index contributed by atoms with van der Waals surface area (Å²) >= 11 is 1.72. The summed E-state index contributed by atoms with van der Waals surface area (Å²) in [5, 5.41) is 0. The maximum absolute atomic E-state index is 13.1. The monoisotopic (exact) mass is 341 g/mol. The summed E-state index contributed by atoms with van der Waals surface area (Å²) in [6.07, 6.45) is 2.07. The van der Waals surface area contributed by atoms with E-state index >= 15 is 0 Å². The number of hydrogen-bond acceptors (Lipinski definition) is 4. The van der Waals surface area contributed by atoms with E-state index < -0.39 is 0 Å². The van der Waals surface area contributed by atoms with Crippen LogP contribution in [0.5, 0.6) is 0 Å². The van der Waals surface area contributed by atoms with E-state index in [2.05, 4.69) is 35.4 Å². The summed E-state index contributed by atoms with van der Waals surface area (Å²) in [5.41, 5.74) is 2.90. The van der Waals surface area contributed by atoms with Gasteiger partial charge in [-0.3, -0.25) is 9.69 Å². The second-order valence-electron chi connectivity index (χ2n) is 5.96. The Balaban J connectivity index is 1.88. The van der Waals surface area contributed by atoms with Gasteiger partial charge in [0.2, 0.25) is 0 Å². The van der Waals surface area contributed by atoms with Crippen molar-refractivity contribution in [2.24, 2.45) is 0 Å². The van der Waals surface area contributed by atoms with E-state index in [-0.39, 0.29) is 11.8 Å². The second kappa shape index (κ2) is 7.97. The lowest BCUT2D eigenvalue weighted by molar-refractivity contribution is 0.0209. The molecular formula is C20H23NO2S. The number of carbonyl (C=O) groups is 1. The Morgan fingerprint density at radius 2 is 1.75 bits per heavy atom. The molecule has 0 aromatic heterocycles. The van der Waals surface area contributed by atoms with Crippen molar-refractivity contribution in [3.63, 3.8) is 0 Å². The maximum Gasteiger partial charge on any atom is 0.180 e. The lowest BCUT2D eigenvalue weighted by atomic mass is 9.94. The number of rotatable bonds is 5. The van der Waals surface area contributed by atoms with E-state index in [0.29, 0.717) is 13.2 Å². The number of Topliss-reactive ketones (excluding diaryl/α,β-unsaturated/α-hetero) is 1. The smallest absolute Gasteiger partial charge is 0.180 e. The molecule has 0 bridgehead atoms. The van der Waals surface area contributed by atoms with Crippen molar-refractivity contribution < 1.29 is 9.53 Å². The molecule has 126 valence electrons. The third-order valence-electron chi connectivity index (χ3n) is 4.57. The number of carbonyl (C=O) groups excluding carboxylic acids is 1. The number of thioether (sulfide) groups is 1. The molecule has 24 heavy (non-hydrogen) atoms. The maximum atomic E-state index is 13.1. The summed E-state index contributed by atoms with van der Waals surface area (Å²) in [4.78, 5) is 16.5. The van der Waals surface area contributed by atoms with E-state index in [1.165, 1.54) is 4.90 Å². The molecule has 1 saturated heterocycles. The molecule has 1 aliphatic heterocycles. The molecule has 1 atom stereocenters. The molecule has 0 spiro atoms. The molecule has 2 aromatic carbocycles. The van der Waals surface area contributed by atoms with Gasteiger partial charge in [0.05, 0.1) is 19.3 Å². The van der Waals surface area contributed by atoms with Crippen molar-refractivity contribution in [2.45, 2.75) is 17.9 Å². The molecule has 1 unspecified atom stereocenters. The minimum absolute atomic E-state index is 0.125. The van der Waals surface area contributed by atoms with Crippen molar-refractivity contribution in [3.05, 3.63) is 54.1 Å². The SMILES string of the molecule is CSc1ccc(-c2ccccc2C(=O)C(C)N2CCOCC2)cc1. The molecule has 0 saturated carbocycles. The van der Waals surface area contributed by atoms with E-state index in [1.54, 1.807) is 11.8 Å². The number of ether oxygens (including phenoxy) is 1. The molecule has 1 fully saturated rings. The van der Waals surface area contributed by atoms with E-state index in [0.717, 1.165) is 29.8 Å². The Hall–Kier alpha value is -1.62. The molecule has 0 aliphatic carbocycles. The zero-order chi connectivity index (χ0) is 16.9. The Labute approximate surface area is 148 Å². The Kier molecular flexibility index (Phi) is 5.72. The topological polar surface area (TPSA) is 29.5 Å². The zero-order valence-electron chi connectivity index (χ0n) is 14.2. The van der Waals surface area contributed by atoms with Crippen LogP contribution in [0.3, 0.4) is 0 Å². The van der Waals surface area contributed by atoms with Gasteiger partial charge in [0.1, 0.15) is 0 Å². The van der Waals surface area contributed by atoms with Crippen LogP contribution in [-0.4, -0.2) is 49.3 Å². The molecular weight excluding hydrogens is 318 g/mol. The molecule has 0 N–H and O–H groups in total. The molecule has 0 radical (unpaired) electrons. The fourth-order valence-electron chi connectivity index (χ4n) is 3.08. The van der Waals surface area contributed by atoms with Gasteiger partial charge < -0.3 is 4.74 Å². The van der Waals surface area contributed by atoms with Crippen molar-refractivity contribution in [3.8, 4) is 11.1 Å². The average molecular weight is 341 g/mol. The molecule has 1 aliphatic rings. The average Bonchev–Trinajstić information content (AvgIpc) is 2.67. The van der Waals surface area contributed by atoms with Gasteiger partial charge in [-0.05, 0) is 36.4 Å². The Morgan fingerprint density at radius 1 is 1.08 bits per heavy atom. The predicted octanol–water partition coefficient (Wildman–Crippen LogP) is 3.98. The highest BCUT2D eigenvalue weighted by atomic mass is 32.2. The predicted molar refractivity (Wildman–Crippen MR) is 99.8 cm³/mol. The van der Waals surface area contributed by atoms with Crippen LogP contribution in [0.1, 0.15) is 17.3 Å².